The number of nitrogens with one attached hydrogen (secondary N) is 2. The Labute approximate surface area is 218 Å². The van der Waals surface area contributed by atoms with Gasteiger partial charge in [-0.2, -0.15) is 0 Å². The second-order valence-electron chi connectivity index (χ2n) is 8.98. The molecule has 0 saturated carbocycles. The summed E-state index contributed by atoms with van der Waals surface area (Å²) in [5.74, 6) is -1.08. The number of aldehydes is 1. The minimum Gasteiger partial charge on any atom is -0.447 e. The molecule has 4 aromatic carbocycles. The first kappa shape index (κ1) is 25.0. The largest absolute Gasteiger partial charge is 0.447 e. The first-order valence-corrected chi connectivity index (χ1v) is 12.1. The Morgan fingerprint density at radius 1 is 0.895 bits per heavy atom. The minimum absolute atomic E-state index is 0.0702. The van der Waals surface area contributed by atoms with E-state index < -0.39 is 23.8 Å². The predicted molar refractivity (Wildman–Crippen MR) is 142 cm³/mol. The lowest BCUT2D eigenvalue weighted by atomic mass is 9.98. The number of carbonyl (C=O) groups excluding carboxylic acids is 2. The van der Waals surface area contributed by atoms with Gasteiger partial charge in [-0.05, 0) is 71.6 Å². The molecule has 0 aromatic heterocycles. The topological polar surface area (TPSA) is 70.7 Å². The molecule has 0 bridgehead atoms. The standard InChI is InChI=1S/C30H25F2N3O3/c1-19(17-36)35(34-28-15-12-21(32)16-29(28)33-22-13-10-20(31)11-14-22)30(37)38-18-27-25-8-4-2-6-23(25)24-7-3-5-9-26(24)27/h2-17,19,27,33-34H,18H2,1H3. The van der Waals surface area contributed by atoms with Gasteiger partial charge in [0, 0.05) is 11.6 Å². The van der Waals surface area contributed by atoms with Gasteiger partial charge in [-0.3, -0.25) is 5.43 Å². The summed E-state index contributed by atoms with van der Waals surface area (Å²) in [5, 5.41) is 4.06. The van der Waals surface area contributed by atoms with Gasteiger partial charge in [-0.15, -0.1) is 0 Å². The van der Waals surface area contributed by atoms with Crippen LogP contribution < -0.4 is 10.7 Å². The zero-order chi connectivity index (χ0) is 26.6. The van der Waals surface area contributed by atoms with Crippen molar-refractivity contribution in [3.63, 3.8) is 0 Å². The van der Waals surface area contributed by atoms with Crippen molar-refractivity contribution < 1.29 is 23.1 Å². The molecule has 1 aliphatic carbocycles. The lowest BCUT2D eigenvalue weighted by Gasteiger charge is -2.28. The van der Waals surface area contributed by atoms with Crippen molar-refractivity contribution in [3.05, 3.63) is 114 Å². The van der Waals surface area contributed by atoms with Gasteiger partial charge in [-0.25, -0.2) is 18.6 Å². The van der Waals surface area contributed by atoms with Crippen molar-refractivity contribution in [2.45, 2.75) is 18.9 Å². The highest BCUT2D eigenvalue weighted by Gasteiger charge is 2.30. The molecule has 1 aliphatic rings. The van der Waals surface area contributed by atoms with Gasteiger partial charge in [0.15, 0.2) is 0 Å². The first-order valence-electron chi connectivity index (χ1n) is 12.1. The molecule has 192 valence electrons. The number of hydrogen-bond donors (Lipinski definition) is 2. The molecule has 0 aliphatic heterocycles. The van der Waals surface area contributed by atoms with Crippen LogP contribution in [0.25, 0.3) is 11.1 Å². The van der Waals surface area contributed by atoms with E-state index in [2.05, 4.69) is 10.7 Å². The summed E-state index contributed by atoms with van der Waals surface area (Å²) in [4.78, 5) is 24.9. The van der Waals surface area contributed by atoms with Crippen molar-refractivity contribution >= 4 is 29.4 Å². The van der Waals surface area contributed by atoms with E-state index in [4.69, 9.17) is 4.74 Å². The fraction of sp³-hybridized carbons (Fsp3) is 0.133. The maximum atomic E-state index is 14.1. The second-order valence-corrected chi connectivity index (χ2v) is 8.98. The average molecular weight is 514 g/mol. The molecular weight excluding hydrogens is 488 g/mol. The highest BCUT2D eigenvalue weighted by molar-refractivity contribution is 5.81. The molecule has 6 nitrogen and oxygen atoms in total. The van der Waals surface area contributed by atoms with E-state index in [0.717, 1.165) is 27.3 Å². The van der Waals surface area contributed by atoms with E-state index in [1.165, 1.54) is 49.4 Å². The Morgan fingerprint density at radius 2 is 1.50 bits per heavy atom. The van der Waals surface area contributed by atoms with Crippen LogP contribution >= 0.6 is 0 Å². The van der Waals surface area contributed by atoms with E-state index in [-0.39, 0.29) is 18.2 Å². The van der Waals surface area contributed by atoms with Crippen LogP contribution in [-0.2, 0) is 9.53 Å². The molecule has 0 spiro atoms. The molecule has 1 atom stereocenters. The van der Waals surface area contributed by atoms with Crippen LogP contribution in [0.1, 0.15) is 24.0 Å². The highest BCUT2D eigenvalue weighted by atomic mass is 19.1. The summed E-state index contributed by atoms with van der Waals surface area (Å²) in [5.41, 5.74) is 8.33. The summed E-state index contributed by atoms with van der Waals surface area (Å²) in [6.45, 7) is 1.61. The summed E-state index contributed by atoms with van der Waals surface area (Å²) in [6.07, 6.45) is -0.158. The molecule has 0 heterocycles. The number of nitrogens with zero attached hydrogens (tertiary/aromatic N) is 1. The maximum absolute atomic E-state index is 14.1. The highest BCUT2D eigenvalue weighted by Crippen LogP contribution is 2.44. The lowest BCUT2D eigenvalue weighted by Crippen LogP contribution is -2.44. The molecule has 2 N–H and O–H groups in total. The van der Waals surface area contributed by atoms with Crippen LogP contribution in [-0.4, -0.2) is 30.0 Å². The second kappa shape index (κ2) is 10.7. The Hall–Kier alpha value is -4.72. The smallest absolute Gasteiger partial charge is 0.429 e. The number of halogens is 2. The van der Waals surface area contributed by atoms with Crippen molar-refractivity contribution in [3.8, 4) is 11.1 Å². The van der Waals surface area contributed by atoms with Gasteiger partial charge < -0.3 is 14.8 Å². The molecule has 5 rings (SSSR count). The monoisotopic (exact) mass is 513 g/mol. The van der Waals surface area contributed by atoms with Crippen LogP contribution in [0.3, 0.4) is 0 Å². The van der Waals surface area contributed by atoms with E-state index in [1.54, 1.807) is 0 Å². The van der Waals surface area contributed by atoms with Gasteiger partial charge in [0.2, 0.25) is 0 Å². The van der Waals surface area contributed by atoms with E-state index in [9.17, 15) is 18.4 Å². The van der Waals surface area contributed by atoms with Crippen LogP contribution in [0.5, 0.6) is 0 Å². The number of hydrogen-bond acceptors (Lipinski definition) is 5. The fourth-order valence-corrected chi connectivity index (χ4v) is 4.57. The number of anilines is 3. The number of fused-ring (bicyclic) bond motifs is 3. The molecule has 1 amide bonds. The maximum Gasteiger partial charge on any atom is 0.429 e. The Balaban J connectivity index is 1.36. The SMILES string of the molecule is CC(C=O)N(Nc1ccc(F)cc1Nc1ccc(F)cc1)C(=O)OCC1c2ccccc2-c2ccccc21. The Kier molecular flexibility index (Phi) is 7.04. The van der Waals surface area contributed by atoms with Crippen LogP contribution in [0, 0.1) is 11.6 Å². The van der Waals surface area contributed by atoms with Crippen LogP contribution in [0.2, 0.25) is 0 Å². The van der Waals surface area contributed by atoms with Gasteiger partial charge in [-0.1, -0.05) is 48.5 Å². The summed E-state index contributed by atoms with van der Waals surface area (Å²) >= 11 is 0. The third-order valence-corrected chi connectivity index (χ3v) is 6.48. The number of hydrazine groups is 1. The minimum atomic E-state index is -0.894. The fourth-order valence-electron chi connectivity index (χ4n) is 4.57. The predicted octanol–water partition coefficient (Wildman–Crippen LogP) is 6.87. The molecule has 8 heteroatoms. The van der Waals surface area contributed by atoms with Gasteiger partial charge in [0.1, 0.15) is 30.6 Å². The zero-order valence-corrected chi connectivity index (χ0v) is 20.5. The number of carbonyl (C=O) groups is 2. The number of benzene rings is 4. The van der Waals surface area contributed by atoms with Gasteiger partial charge in [0.05, 0.1) is 11.4 Å². The molecule has 0 saturated heterocycles. The molecular formula is C30H25F2N3O3. The van der Waals surface area contributed by atoms with Gasteiger partial charge >= 0.3 is 6.09 Å². The average Bonchev–Trinajstić information content (AvgIpc) is 3.26. The van der Waals surface area contributed by atoms with Crippen LogP contribution in [0.4, 0.5) is 30.6 Å². The van der Waals surface area contributed by atoms with Crippen LogP contribution in [0.15, 0.2) is 91.0 Å². The Morgan fingerprint density at radius 3 is 2.13 bits per heavy atom. The molecule has 4 aromatic rings. The zero-order valence-electron chi connectivity index (χ0n) is 20.5. The van der Waals surface area contributed by atoms with Gasteiger partial charge in [0.25, 0.3) is 0 Å². The number of rotatable bonds is 8. The number of amides is 1. The summed E-state index contributed by atoms with van der Waals surface area (Å²) in [7, 11) is 0. The van der Waals surface area contributed by atoms with Crippen molar-refractivity contribution in [1.82, 2.24) is 5.01 Å². The Bertz CT molecular complexity index is 1430. The third-order valence-electron chi connectivity index (χ3n) is 6.48. The van der Waals surface area contributed by atoms with E-state index in [1.807, 2.05) is 48.5 Å². The van der Waals surface area contributed by atoms with Crippen molar-refractivity contribution in [2.24, 2.45) is 0 Å². The van der Waals surface area contributed by atoms with Crippen molar-refractivity contribution in [2.75, 3.05) is 17.3 Å². The normalized spacial score (nSPS) is 12.7. The molecule has 1 unspecified atom stereocenters. The van der Waals surface area contributed by atoms with Crippen molar-refractivity contribution in [1.29, 1.82) is 0 Å². The quantitative estimate of drug-likeness (QED) is 0.199. The van der Waals surface area contributed by atoms with E-state index in [0.29, 0.717) is 17.7 Å². The third kappa shape index (κ3) is 5.06. The summed E-state index contributed by atoms with van der Waals surface area (Å²) < 4.78 is 33.1. The molecule has 0 fully saturated rings. The van der Waals surface area contributed by atoms with E-state index >= 15 is 0 Å². The summed E-state index contributed by atoms with van der Waals surface area (Å²) in [6, 6.07) is 24.5. The number of ether oxygens (including phenoxy) is 1. The first-order chi connectivity index (χ1) is 18.4. The molecule has 38 heavy (non-hydrogen) atoms. The lowest BCUT2D eigenvalue weighted by molar-refractivity contribution is -0.111. The molecule has 0 radical (unpaired) electrons.